The van der Waals surface area contributed by atoms with Gasteiger partial charge in [-0.05, 0) is 19.1 Å². The van der Waals surface area contributed by atoms with Crippen LogP contribution < -0.4 is 5.32 Å². The van der Waals surface area contributed by atoms with Crippen LogP contribution in [0.5, 0.6) is 0 Å². The molecule has 0 saturated heterocycles. The third kappa shape index (κ3) is 3.55. The Bertz CT molecular complexity index is 646. The van der Waals surface area contributed by atoms with Crippen LogP contribution in [0, 0.1) is 6.92 Å². The average molecular weight is 310 g/mol. The highest BCUT2D eigenvalue weighted by Crippen LogP contribution is 2.24. The standard InChI is InChI=1S/C14H16ClN3OS/c1-8-7-20-13(16-8)18-12(19)9-5-10(14(2,3)4)17-11(15)6-9/h5-7H,1-4H3,(H,16,18,19). The molecule has 0 aliphatic carbocycles. The van der Waals surface area contributed by atoms with Crippen LogP contribution in [0.15, 0.2) is 17.5 Å². The first-order valence-corrected chi connectivity index (χ1v) is 7.43. The minimum Gasteiger partial charge on any atom is -0.298 e. The molecule has 2 aromatic rings. The molecule has 106 valence electrons. The number of amides is 1. The highest BCUT2D eigenvalue weighted by Gasteiger charge is 2.19. The van der Waals surface area contributed by atoms with E-state index < -0.39 is 0 Å². The third-order valence-electron chi connectivity index (χ3n) is 2.66. The molecule has 0 saturated carbocycles. The molecule has 0 radical (unpaired) electrons. The number of aromatic nitrogens is 2. The molecule has 0 spiro atoms. The normalized spacial score (nSPS) is 11.4. The average Bonchev–Trinajstić information content (AvgIpc) is 2.72. The zero-order chi connectivity index (χ0) is 14.9. The second-order valence-corrected chi connectivity index (χ2v) is 6.81. The monoisotopic (exact) mass is 309 g/mol. The van der Waals surface area contributed by atoms with E-state index in [0.29, 0.717) is 15.8 Å². The molecule has 20 heavy (non-hydrogen) atoms. The Morgan fingerprint density at radius 1 is 1.30 bits per heavy atom. The lowest BCUT2D eigenvalue weighted by atomic mass is 9.91. The Labute approximate surface area is 127 Å². The minimum atomic E-state index is -0.228. The molecular formula is C14H16ClN3OS. The lowest BCUT2D eigenvalue weighted by Crippen LogP contribution is -2.17. The van der Waals surface area contributed by atoms with Gasteiger partial charge in [-0.15, -0.1) is 11.3 Å². The fourth-order valence-electron chi connectivity index (χ4n) is 1.59. The predicted molar refractivity (Wildman–Crippen MR) is 82.8 cm³/mol. The Kier molecular flexibility index (Phi) is 4.11. The Balaban J connectivity index is 2.28. The number of nitrogens with one attached hydrogen (secondary N) is 1. The fraction of sp³-hybridized carbons (Fsp3) is 0.357. The van der Waals surface area contributed by atoms with Crippen molar-refractivity contribution >= 4 is 34.0 Å². The summed E-state index contributed by atoms with van der Waals surface area (Å²) in [5, 5.41) is 5.55. The maximum absolute atomic E-state index is 12.2. The number of rotatable bonds is 2. The fourth-order valence-corrected chi connectivity index (χ4v) is 2.48. The summed E-state index contributed by atoms with van der Waals surface area (Å²) in [6, 6.07) is 3.33. The summed E-state index contributed by atoms with van der Waals surface area (Å²) in [6.07, 6.45) is 0. The van der Waals surface area contributed by atoms with Crippen LogP contribution in [0.3, 0.4) is 0 Å². The summed E-state index contributed by atoms with van der Waals surface area (Å²) in [6.45, 7) is 7.96. The van der Waals surface area contributed by atoms with Gasteiger partial charge in [0.15, 0.2) is 5.13 Å². The van der Waals surface area contributed by atoms with E-state index in [9.17, 15) is 4.79 Å². The zero-order valence-corrected chi connectivity index (χ0v) is 13.4. The molecule has 6 heteroatoms. The Hall–Kier alpha value is -1.46. The molecule has 2 rings (SSSR count). The first-order valence-electron chi connectivity index (χ1n) is 6.17. The molecule has 0 aliphatic rings. The number of hydrogen-bond donors (Lipinski definition) is 1. The molecule has 0 aromatic carbocycles. The number of aryl methyl sites for hydroxylation is 1. The van der Waals surface area contributed by atoms with Crippen LogP contribution in [0.2, 0.25) is 5.15 Å². The number of anilines is 1. The molecule has 1 amide bonds. The van der Waals surface area contributed by atoms with E-state index in [0.717, 1.165) is 11.4 Å². The van der Waals surface area contributed by atoms with Gasteiger partial charge in [0.05, 0.1) is 5.69 Å². The Morgan fingerprint density at radius 3 is 2.55 bits per heavy atom. The molecule has 2 aromatic heterocycles. The van der Waals surface area contributed by atoms with Gasteiger partial charge in [0.25, 0.3) is 5.91 Å². The summed E-state index contributed by atoms with van der Waals surface area (Å²) >= 11 is 7.40. The van der Waals surface area contributed by atoms with Gasteiger partial charge in [-0.25, -0.2) is 9.97 Å². The number of hydrogen-bond acceptors (Lipinski definition) is 4. The number of pyridine rings is 1. The number of nitrogens with zero attached hydrogens (tertiary/aromatic N) is 2. The highest BCUT2D eigenvalue weighted by molar-refractivity contribution is 7.13. The van der Waals surface area contributed by atoms with Crippen molar-refractivity contribution in [2.75, 3.05) is 5.32 Å². The maximum Gasteiger partial charge on any atom is 0.257 e. The van der Waals surface area contributed by atoms with Gasteiger partial charge in [-0.2, -0.15) is 0 Å². The zero-order valence-electron chi connectivity index (χ0n) is 11.8. The van der Waals surface area contributed by atoms with Gasteiger partial charge < -0.3 is 0 Å². The second-order valence-electron chi connectivity index (χ2n) is 5.56. The predicted octanol–water partition coefficient (Wildman–Crippen LogP) is 4.05. The van der Waals surface area contributed by atoms with Crippen molar-refractivity contribution in [3.8, 4) is 0 Å². The highest BCUT2D eigenvalue weighted by atomic mass is 35.5. The summed E-state index contributed by atoms with van der Waals surface area (Å²) in [4.78, 5) is 20.7. The SMILES string of the molecule is Cc1csc(NC(=O)c2cc(Cl)nc(C(C)(C)C)c2)n1. The number of carbonyl (C=O) groups excluding carboxylic acids is 1. The second kappa shape index (κ2) is 5.50. The minimum absolute atomic E-state index is 0.169. The molecule has 0 unspecified atom stereocenters. The summed E-state index contributed by atoms with van der Waals surface area (Å²) in [7, 11) is 0. The molecule has 4 nitrogen and oxygen atoms in total. The van der Waals surface area contributed by atoms with Gasteiger partial charge in [-0.1, -0.05) is 32.4 Å². The Morgan fingerprint density at radius 2 is 2.00 bits per heavy atom. The van der Waals surface area contributed by atoms with Crippen molar-refractivity contribution in [1.82, 2.24) is 9.97 Å². The van der Waals surface area contributed by atoms with Crippen molar-refractivity contribution in [2.45, 2.75) is 33.1 Å². The van der Waals surface area contributed by atoms with Crippen LogP contribution in [-0.4, -0.2) is 15.9 Å². The van der Waals surface area contributed by atoms with Crippen LogP contribution >= 0.6 is 22.9 Å². The van der Waals surface area contributed by atoms with Crippen molar-refractivity contribution in [3.05, 3.63) is 39.6 Å². The molecule has 1 N–H and O–H groups in total. The van der Waals surface area contributed by atoms with Crippen LogP contribution in [-0.2, 0) is 5.41 Å². The van der Waals surface area contributed by atoms with Crippen molar-refractivity contribution < 1.29 is 4.79 Å². The van der Waals surface area contributed by atoms with E-state index in [-0.39, 0.29) is 11.3 Å². The van der Waals surface area contributed by atoms with Gasteiger partial charge in [0.2, 0.25) is 0 Å². The molecular weight excluding hydrogens is 294 g/mol. The van der Waals surface area contributed by atoms with E-state index in [1.807, 2.05) is 33.1 Å². The van der Waals surface area contributed by atoms with Gasteiger partial charge in [-0.3, -0.25) is 10.1 Å². The largest absolute Gasteiger partial charge is 0.298 e. The van der Waals surface area contributed by atoms with E-state index in [1.54, 1.807) is 12.1 Å². The van der Waals surface area contributed by atoms with Crippen LogP contribution in [0.4, 0.5) is 5.13 Å². The topological polar surface area (TPSA) is 54.9 Å². The van der Waals surface area contributed by atoms with E-state index in [2.05, 4.69) is 15.3 Å². The van der Waals surface area contributed by atoms with E-state index in [4.69, 9.17) is 11.6 Å². The number of halogens is 1. The first kappa shape index (κ1) is 14.9. The van der Waals surface area contributed by atoms with Gasteiger partial charge >= 0.3 is 0 Å². The molecule has 2 heterocycles. The van der Waals surface area contributed by atoms with Crippen LogP contribution in [0.25, 0.3) is 0 Å². The van der Waals surface area contributed by atoms with Crippen molar-refractivity contribution in [2.24, 2.45) is 0 Å². The lowest BCUT2D eigenvalue weighted by Gasteiger charge is -2.18. The lowest BCUT2D eigenvalue weighted by molar-refractivity contribution is 0.102. The smallest absolute Gasteiger partial charge is 0.257 e. The van der Waals surface area contributed by atoms with Gasteiger partial charge in [0, 0.05) is 22.1 Å². The first-order chi connectivity index (χ1) is 9.25. The van der Waals surface area contributed by atoms with E-state index >= 15 is 0 Å². The van der Waals surface area contributed by atoms with Crippen molar-refractivity contribution in [1.29, 1.82) is 0 Å². The summed E-state index contributed by atoms with van der Waals surface area (Å²) in [5.41, 5.74) is 1.99. The quantitative estimate of drug-likeness (QED) is 0.851. The molecule has 0 aliphatic heterocycles. The third-order valence-corrected chi connectivity index (χ3v) is 3.73. The van der Waals surface area contributed by atoms with Crippen LogP contribution in [0.1, 0.15) is 42.5 Å². The number of carbonyl (C=O) groups is 1. The molecule has 0 bridgehead atoms. The maximum atomic E-state index is 12.2. The van der Waals surface area contributed by atoms with E-state index in [1.165, 1.54) is 11.3 Å². The molecule has 0 fully saturated rings. The summed E-state index contributed by atoms with van der Waals surface area (Å²) < 4.78 is 0. The summed E-state index contributed by atoms with van der Waals surface area (Å²) in [5.74, 6) is -0.228. The number of thiazole rings is 1. The van der Waals surface area contributed by atoms with Crippen molar-refractivity contribution in [3.63, 3.8) is 0 Å². The molecule has 0 atom stereocenters. The van der Waals surface area contributed by atoms with Gasteiger partial charge in [0.1, 0.15) is 5.15 Å².